The molecule has 0 radical (unpaired) electrons. The van der Waals surface area contributed by atoms with Gasteiger partial charge in [-0.25, -0.2) is 0 Å². The summed E-state index contributed by atoms with van der Waals surface area (Å²) in [6, 6.07) is 7.06. The molecule has 1 aromatic heterocycles. The van der Waals surface area contributed by atoms with Gasteiger partial charge in [0.15, 0.2) is 0 Å². The highest BCUT2D eigenvalue weighted by Gasteiger charge is 2.24. The van der Waals surface area contributed by atoms with Crippen molar-refractivity contribution in [1.29, 1.82) is 0 Å². The Morgan fingerprint density at radius 2 is 2.06 bits per heavy atom. The lowest BCUT2D eigenvalue weighted by Crippen LogP contribution is -2.45. The minimum absolute atomic E-state index is 0.322. The Morgan fingerprint density at radius 1 is 1.28 bits per heavy atom. The number of nitrogens with zero attached hydrogens (tertiary/aromatic N) is 2. The van der Waals surface area contributed by atoms with E-state index >= 15 is 0 Å². The van der Waals surface area contributed by atoms with Gasteiger partial charge in [0.25, 0.3) is 0 Å². The van der Waals surface area contributed by atoms with Crippen LogP contribution in [0, 0.1) is 6.92 Å². The third-order valence-electron chi connectivity index (χ3n) is 3.96. The lowest BCUT2D eigenvalue weighted by molar-refractivity contribution is 0.191. The highest BCUT2D eigenvalue weighted by molar-refractivity contribution is 5.10. The highest BCUT2D eigenvalue weighted by Crippen LogP contribution is 2.21. The van der Waals surface area contributed by atoms with Crippen LogP contribution < -0.4 is 5.73 Å². The molecular weight excluding hydrogens is 222 g/mol. The summed E-state index contributed by atoms with van der Waals surface area (Å²) in [5.41, 5.74) is 8.54. The van der Waals surface area contributed by atoms with E-state index in [4.69, 9.17) is 5.73 Å². The van der Waals surface area contributed by atoms with Gasteiger partial charge in [0, 0.05) is 24.3 Å². The first kappa shape index (κ1) is 13.5. The molecule has 0 amide bonds. The van der Waals surface area contributed by atoms with Gasteiger partial charge in [-0.2, -0.15) is 0 Å². The zero-order valence-corrected chi connectivity index (χ0v) is 11.6. The van der Waals surface area contributed by atoms with Crippen molar-refractivity contribution >= 4 is 0 Å². The molecule has 0 spiro atoms. The van der Waals surface area contributed by atoms with E-state index in [1.807, 2.05) is 13.0 Å². The second-order valence-electron chi connectivity index (χ2n) is 5.55. The van der Waals surface area contributed by atoms with Crippen LogP contribution in [-0.4, -0.2) is 29.0 Å². The molecule has 0 aliphatic heterocycles. The average Bonchev–Trinajstić information content (AvgIpc) is 2.54. The number of nitrogens with two attached hydrogens (primary N) is 1. The van der Waals surface area contributed by atoms with E-state index in [1.165, 1.54) is 25.7 Å². The maximum atomic E-state index is 6.30. The lowest BCUT2D eigenvalue weighted by Gasteiger charge is -2.31. The molecule has 2 atom stereocenters. The Kier molecular flexibility index (Phi) is 4.72. The first-order valence-corrected chi connectivity index (χ1v) is 7.05. The summed E-state index contributed by atoms with van der Waals surface area (Å²) in [6.07, 6.45) is 6.32. The molecule has 0 bridgehead atoms. The Bertz CT molecular complexity index is 378. The van der Waals surface area contributed by atoms with E-state index in [-0.39, 0.29) is 0 Å². The Balaban J connectivity index is 1.99. The molecule has 2 unspecified atom stereocenters. The van der Waals surface area contributed by atoms with Gasteiger partial charge in [-0.15, -0.1) is 0 Å². The first-order chi connectivity index (χ1) is 8.66. The van der Waals surface area contributed by atoms with Crippen LogP contribution in [0.2, 0.25) is 0 Å². The second-order valence-corrected chi connectivity index (χ2v) is 5.55. The molecule has 1 aliphatic carbocycles. The van der Waals surface area contributed by atoms with E-state index in [9.17, 15) is 0 Å². The van der Waals surface area contributed by atoms with E-state index in [2.05, 4.69) is 29.1 Å². The number of hydrogen-bond acceptors (Lipinski definition) is 3. The minimum atomic E-state index is 0.322. The van der Waals surface area contributed by atoms with Gasteiger partial charge in [-0.3, -0.25) is 9.88 Å². The van der Waals surface area contributed by atoms with Crippen LogP contribution in [-0.2, 0) is 6.54 Å². The summed E-state index contributed by atoms with van der Waals surface area (Å²) in [7, 11) is 2.18. The molecule has 1 aliphatic rings. The lowest BCUT2D eigenvalue weighted by atomic mass is 10.0. The highest BCUT2D eigenvalue weighted by atomic mass is 15.2. The van der Waals surface area contributed by atoms with E-state index in [0.717, 1.165) is 24.4 Å². The van der Waals surface area contributed by atoms with E-state index in [1.54, 1.807) is 0 Å². The molecule has 100 valence electrons. The Labute approximate surface area is 110 Å². The number of rotatable bonds is 3. The van der Waals surface area contributed by atoms with E-state index < -0.39 is 0 Å². The smallest absolute Gasteiger partial charge is 0.0547 e. The maximum absolute atomic E-state index is 6.30. The topological polar surface area (TPSA) is 42.1 Å². The van der Waals surface area contributed by atoms with Crippen molar-refractivity contribution in [3.05, 3.63) is 29.6 Å². The van der Waals surface area contributed by atoms with Crippen LogP contribution in [0.4, 0.5) is 0 Å². The summed E-state index contributed by atoms with van der Waals surface area (Å²) in [5, 5.41) is 0. The average molecular weight is 247 g/mol. The third-order valence-corrected chi connectivity index (χ3v) is 3.96. The van der Waals surface area contributed by atoms with Gasteiger partial charge >= 0.3 is 0 Å². The van der Waals surface area contributed by atoms with Crippen molar-refractivity contribution in [2.45, 2.75) is 57.7 Å². The van der Waals surface area contributed by atoms with Crippen LogP contribution >= 0.6 is 0 Å². The molecule has 2 N–H and O–H groups in total. The van der Waals surface area contributed by atoms with Gasteiger partial charge in [0.2, 0.25) is 0 Å². The zero-order chi connectivity index (χ0) is 13.0. The molecule has 2 rings (SSSR count). The largest absolute Gasteiger partial charge is 0.326 e. The predicted octanol–water partition coefficient (Wildman–Crippen LogP) is 2.48. The predicted molar refractivity (Wildman–Crippen MR) is 75.3 cm³/mol. The Morgan fingerprint density at radius 3 is 2.83 bits per heavy atom. The Hall–Kier alpha value is -0.930. The van der Waals surface area contributed by atoms with Crippen molar-refractivity contribution in [2.24, 2.45) is 5.73 Å². The fraction of sp³-hybridized carbons (Fsp3) is 0.667. The monoisotopic (exact) mass is 247 g/mol. The normalized spacial score (nSPS) is 25.1. The van der Waals surface area contributed by atoms with Gasteiger partial charge in [0.1, 0.15) is 0 Å². The molecule has 18 heavy (non-hydrogen) atoms. The molecule has 1 saturated carbocycles. The van der Waals surface area contributed by atoms with Crippen molar-refractivity contribution in [3.8, 4) is 0 Å². The van der Waals surface area contributed by atoms with Crippen molar-refractivity contribution < 1.29 is 0 Å². The van der Waals surface area contributed by atoms with Crippen molar-refractivity contribution in [3.63, 3.8) is 0 Å². The summed E-state index contributed by atoms with van der Waals surface area (Å²) in [4.78, 5) is 6.96. The van der Waals surface area contributed by atoms with Crippen LogP contribution in [0.1, 0.15) is 43.5 Å². The molecule has 1 heterocycles. The molecular formula is C15H25N3. The number of hydrogen-bond donors (Lipinski definition) is 1. The fourth-order valence-electron chi connectivity index (χ4n) is 2.92. The van der Waals surface area contributed by atoms with Crippen LogP contribution in [0.15, 0.2) is 18.2 Å². The molecule has 0 aromatic carbocycles. The van der Waals surface area contributed by atoms with Crippen molar-refractivity contribution in [1.82, 2.24) is 9.88 Å². The number of aromatic nitrogens is 1. The minimum Gasteiger partial charge on any atom is -0.326 e. The van der Waals surface area contributed by atoms with Crippen LogP contribution in [0.3, 0.4) is 0 Å². The quantitative estimate of drug-likeness (QED) is 0.834. The number of pyridine rings is 1. The summed E-state index contributed by atoms with van der Waals surface area (Å²) < 4.78 is 0. The SMILES string of the molecule is Cc1cccc(CN(C)C2CCCCCC2N)n1. The van der Waals surface area contributed by atoms with Crippen molar-refractivity contribution in [2.75, 3.05) is 7.05 Å². The van der Waals surface area contributed by atoms with E-state index in [0.29, 0.717) is 12.1 Å². The van der Waals surface area contributed by atoms with Gasteiger partial charge < -0.3 is 5.73 Å². The fourth-order valence-corrected chi connectivity index (χ4v) is 2.92. The summed E-state index contributed by atoms with van der Waals surface area (Å²) >= 11 is 0. The maximum Gasteiger partial charge on any atom is 0.0547 e. The zero-order valence-electron chi connectivity index (χ0n) is 11.6. The molecule has 0 saturated heterocycles. The van der Waals surface area contributed by atoms with Gasteiger partial charge in [-0.1, -0.05) is 25.3 Å². The molecule has 3 heteroatoms. The van der Waals surface area contributed by atoms with Crippen LogP contribution in [0.25, 0.3) is 0 Å². The first-order valence-electron chi connectivity index (χ1n) is 7.05. The van der Waals surface area contributed by atoms with Gasteiger partial charge in [0.05, 0.1) is 5.69 Å². The molecule has 1 aromatic rings. The summed E-state index contributed by atoms with van der Waals surface area (Å²) in [5.74, 6) is 0. The van der Waals surface area contributed by atoms with Gasteiger partial charge in [-0.05, 0) is 38.9 Å². The third kappa shape index (κ3) is 3.53. The number of likely N-dealkylation sites (N-methyl/N-ethyl adjacent to an activating group) is 1. The molecule has 1 fully saturated rings. The molecule has 3 nitrogen and oxygen atoms in total. The standard InChI is InChI=1S/C15H25N3/c1-12-7-6-8-13(17-12)11-18(2)15-10-5-3-4-9-14(15)16/h6-8,14-15H,3-5,9-11,16H2,1-2H3. The van der Waals surface area contributed by atoms with Crippen LogP contribution in [0.5, 0.6) is 0 Å². The number of aryl methyl sites for hydroxylation is 1. The summed E-state index contributed by atoms with van der Waals surface area (Å²) in [6.45, 7) is 2.95. The second kappa shape index (κ2) is 6.30.